The second-order valence-electron chi connectivity index (χ2n) is 12.5. The molecule has 0 radical (unpaired) electrons. The summed E-state index contributed by atoms with van der Waals surface area (Å²) in [5.41, 5.74) is 10.4. The van der Waals surface area contributed by atoms with Crippen molar-refractivity contribution in [3.8, 4) is 34.2 Å². The number of fused-ring (bicyclic) bond motifs is 2. The Balaban J connectivity index is 1.11. The molecule has 6 heteroatoms. The number of rotatable bonds is 4. The minimum Gasteiger partial charge on any atom is -0.341 e. The van der Waals surface area contributed by atoms with Crippen LogP contribution < -0.4 is 10.6 Å². The first-order valence-corrected chi connectivity index (χ1v) is 15.6. The van der Waals surface area contributed by atoms with Gasteiger partial charge in [-0.05, 0) is 110 Å². The molecule has 2 aromatic heterocycles. The summed E-state index contributed by atoms with van der Waals surface area (Å²) in [6.07, 6.45) is 16.2. The van der Waals surface area contributed by atoms with Gasteiger partial charge in [0, 0.05) is 5.56 Å². The monoisotopic (exact) mass is 542 g/mol. The maximum atomic E-state index is 4.68. The smallest absolute Gasteiger partial charge is 0.124 e. The quantitative estimate of drug-likeness (QED) is 0.223. The average molecular weight is 543 g/mol. The molecule has 2 aromatic carbocycles. The molecule has 2 atom stereocenters. The highest BCUT2D eigenvalue weighted by Gasteiger charge is 2.43. The van der Waals surface area contributed by atoms with Gasteiger partial charge in [0.25, 0.3) is 0 Å². The molecule has 0 amide bonds. The lowest BCUT2D eigenvalue weighted by Gasteiger charge is -2.27. The molecule has 4 aromatic rings. The number of aromatic nitrogens is 4. The summed E-state index contributed by atoms with van der Waals surface area (Å²) >= 11 is 0. The summed E-state index contributed by atoms with van der Waals surface area (Å²) in [7, 11) is 0. The van der Waals surface area contributed by atoms with Gasteiger partial charge < -0.3 is 20.6 Å². The van der Waals surface area contributed by atoms with Crippen LogP contribution in [0.3, 0.4) is 0 Å². The number of H-pyrrole nitrogens is 2. The molecule has 4 N–H and O–H groups in total. The lowest BCUT2D eigenvalue weighted by molar-refractivity contribution is 0.440. The predicted octanol–water partition coefficient (Wildman–Crippen LogP) is 6.47. The van der Waals surface area contributed by atoms with Crippen molar-refractivity contribution in [2.24, 2.45) is 0 Å². The van der Waals surface area contributed by atoms with Gasteiger partial charge in [0.05, 0.1) is 30.2 Å². The lowest BCUT2D eigenvalue weighted by atomic mass is 9.76. The minimum absolute atomic E-state index is 0.308. The lowest BCUT2D eigenvalue weighted by Crippen LogP contribution is -2.19. The minimum atomic E-state index is 0.308. The van der Waals surface area contributed by atoms with Crippen molar-refractivity contribution in [3.05, 3.63) is 82.8 Å². The molecule has 1 saturated carbocycles. The van der Waals surface area contributed by atoms with Crippen molar-refractivity contribution in [3.63, 3.8) is 0 Å². The summed E-state index contributed by atoms with van der Waals surface area (Å²) in [6.45, 7) is 2.14. The zero-order chi connectivity index (χ0) is 27.2. The molecule has 4 aliphatic rings. The van der Waals surface area contributed by atoms with E-state index < -0.39 is 0 Å². The zero-order valence-corrected chi connectivity index (χ0v) is 23.7. The molecular weight excluding hydrogens is 504 g/mol. The molecule has 41 heavy (non-hydrogen) atoms. The van der Waals surface area contributed by atoms with Gasteiger partial charge in [0.2, 0.25) is 0 Å². The van der Waals surface area contributed by atoms with Crippen LogP contribution >= 0.6 is 0 Å². The van der Waals surface area contributed by atoms with E-state index in [1.165, 1.54) is 72.8 Å². The molecule has 2 aliphatic carbocycles. The highest BCUT2D eigenvalue weighted by atomic mass is 15.0. The van der Waals surface area contributed by atoms with Gasteiger partial charge in [-0.2, -0.15) is 0 Å². The van der Waals surface area contributed by atoms with Crippen LogP contribution in [-0.4, -0.2) is 33.0 Å². The van der Waals surface area contributed by atoms with Gasteiger partial charge in [-0.1, -0.05) is 49.1 Å². The van der Waals surface area contributed by atoms with Crippen molar-refractivity contribution in [1.82, 2.24) is 30.6 Å². The van der Waals surface area contributed by atoms with E-state index in [1.807, 2.05) is 12.4 Å². The maximum absolute atomic E-state index is 4.68. The van der Waals surface area contributed by atoms with Crippen LogP contribution in [0, 0.1) is 11.8 Å². The Morgan fingerprint density at radius 1 is 0.707 bits per heavy atom. The van der Waals surface area contributed by atoms with Gasteiger partial charge in [0.15, 0.2) is 0 Å². The molecule has 4 heterocycles. The van der Waals surface area contributed by atoms with E-state index in [2.05, 4.69) is 78.8 Å². The fourth-order valence-corrected chi connectivity index (χ4v) is 7.95. The number of hydrogen-bond donors (Lipinski definition) is 4. The Kier molecular flexibility index (Phi) is 6.31. The summed E-state index contributed by atoms with van der Waals surface area (Å²) in [5, 5.41) is 7.06. The maximum Gasteiger partial charge on any atom is 0.124 e. The molecular formula is C35H38N6. The van der Waals surface area contributed by atoms with Crippen LogP contribution in [0.1, 0.15) is 104 Å². The van der Waals surface area contributed by atoms with Crippen molar-refractivity contribution >= 4 is 0 Å². The first-order valence-electron chi connectivity index (χ1n) is 15.6. The number of aromatic amines is 2. The first kappa shape index (κ1) is 25.1. The summed E-state index contributed by atoms with van der Waals surface area (Å²) < 4.78 is 0. The third-order valence-corrected chi connectivity index (χ3v) is 10.1. The van der Waals surface area contributed by atoms with E-state index in [0.717, 1.165) is 55.4 Å². The second kappa shape index (κ2) is 10.3. The molecule has 1 spiro atoms. The Morgan fingerprint density at radius 2 is 1.41 bits per heavy atom. The highest BCUT2D eigenvalue weighted by Crippen LogP contribution is 2.54. The number of benzene rings is 2. The van der Waals surface area contributed by atoms with Crippen molar-refractivity contribution in [1.29, 1.82) is 0 Å². The Morgan fingerprint density at radius 3 is 2.15 bits per heavy atom. The topological polar surface area (TPSA) is 81.4 Å². The fraction of sp³-hybridized carbons (Fsp3) is 0.429. The number of nitrogens with zero attached hydrogens (tertiary/aromatic N) is 2. The Bertz CT molecular complexity index is 1610. The number of imidazole rings is 2. The third-order valence-electron chi connectivity index (χ3n) is 10.1. The van der Waals surface area contributed by atoms with Crippen molar-refractivity contribution < 1.29 is 0 Å². The van der Waals surface area contributed by atoms with Crippen molar-refractivity contribution in [2.75, 3.05) is 13.1 Å². The first-order chi connectivity index (χ1) is 20.3. The average Bonchev–Trinajstić information content (AvgIpc) is 3.84. The van der Waals surface area contributed by atoms with Crippen molar-refractivity contribution in [2.45, 2.75) is 81.7 Å². The van der Waals surface area contributed by atoms with Gasteiger partial charge in [-0.25, -0.2) is 9.97 Å². The van der Waals surface area contributed by atoms with Crippen LogP contribution in [0.15, 0.2) is 48.8 Å². The molecule has 2 saturated heterocycles. The van der Waals surface area contributed by atoms with Gasteiger partial charge in [0.1, 0.15) is 17.3 Å². The SMILES string of the molecule is C(#Cc1ccc(-c2ccc(-c3cnc([C@@H]4CCCN4)[nH]3)cc2)c2c1CCC21CCCC1)c1cnc([C@@H]2CCCN2)[nH]1. The van der Waals surface area contributed by atoms with E-state index in [9.17, 15) is 0 Å². The van der Waals surface area contributed by atoms with Crippen LogP contribution in [0.25, 0.3) is 22.4 Å². The van der Waals surface area contributed by atoms with E-state index in [0.29, 0.717) is 17.5 Å². The standard InChI is InChI=1S/C35H38N6/c1-2-17-35(16-1)18-15-28-24(11-13-26-21-38-33(40-26)29-5-3-19-36-29)12-14-27(32(28)35)23-7-9-25(10-8-23)31-22-39-34(41-31)30-6-4-20-37-30/h7-10,12,14,21-22,29-30,36-37H,1-6,15-20H2,(H,38,40)(H,39,41)/t29-,30-/m0/s1. The van der Waals surface area contributed by atoms with E-state index in [1.54, 1.807) is 5.56 Å². The molecule has 8 rings (SSSR count). The highest BCUT2D eigenvalue weighted by molar-refractivity contribution is 5.76. The van der Waals surface area contributed by atoms with E-state index in [4.69, 9.17) is 0 Å². The number of nitrogens with one attached hydrogen (secondary N) is 4. The van der Waals surface area contributed by atoms with Gasteiger partial charge >= 0.3 is 0 Å². The predicted molar refractivity (Wildman–Crippen MR) is 162 cm³/mol. The third kappa shape index (κ3) is 4.52. The van der Waals surface area contributed by atoms with E-state index >= 15 is 0 Å². The summed E-state index contributed by atoms with van der Waals surface area (Å²) in [6, 6.07) is 14.4. The number of hydrogen-bond acceptors (Lipinski definition) is 4. The molecule has 3 fully saturated rings. The fourth-order valence-electron chi connectivity index (χ4n) is 7.95. The summed E-state index contributed by atoms with van der Waals surface area (Å²) in [5.74, 6) is 9.03. The van der Waals surface area contributed by atoms with E-state index in [-0.39, 0.29) is 0 Å². The van der Waals surface area contributed by atoms with Gasteiger partial charge in [-0.15, -0.1) is 0 Å². The van der Waals surface area contributed by atoms with Crippen LogP contribution in [-0.2, 0) is 11.8 Å². The Hall–Kier alpha value is -3.66. The Labute approximate surface area is 242 Å². The van der Waals surface area contributed by atoms with Crippen LogP contribution in [0.4, 0.5) is 0 Å². The molecule has 0 bridgehead atoms. The summed E-state index contributed by atoms with van der Waals surface area (Å²) in [4.78, 5) is 16.3. The second-order valence-corrected chi connectivity index (χ2v) is 12.5. The van der Waals surface area contributed by atoms with Crippen LogP contribution in [0.2, 0.25) is 0 Å². The molecule has 6 nitrogen and oxygen atoms in total. The molecule has 0 unspecified atom stereocenters. The molecule has 2 aliphatic heterocycles. The zero-order valence-electron chi connectivity index (χ0n) is 23.7. The largest absolute Gasteiger partial charge is 0.341 e. The normalized spacial score (nSPS) is 22.7. The molecule has 208 valence electrons. The van der Waals surface area contributed by atoms with Crippen LogP contribution in [0.5, 0.6) is 0 Å². The van der Waals surface area contributed by atoms with Gasteiger partial charge in [-0.3, -0.25) is 0 Å².